The highest BCUT2D eigenvalue weighted by atomic mass is 16.5. The van der Waals surface area contributed by atoms with Gasteiger partial charge in [0, 0.05) is 65.1 Å². The molecule has 3 aliphatic rings. The number of carbonyl (C=O) groups is 2. The zero-order chi connectivity index (χ0) is 20.5. The lowest BCUT2D eigenvalue weighted by Crippen LogP contribution is -2.62. The van der Waals surface area contributed by atoms with Gasteiger partial charge >= 0.3 is 6.03 Å². The zero-order valence-corrected chi connectivity index (χ0v) is 17.4. The fourth-order valence-electron chi connectivity index (χ4n) is 4.13. The summed E-state index contributed by atoms with van der Waals surface area (Å²) in [6, 6.07) is 1.78. The monoisotopic (exact) mass is 403 g/mol. The summed E-state index contributed by atoms with van der Waals surface area (Å²) in [5.41, 5.74) is 0.949. The van der Waals surface area contributed by atoms with Gasteiger partial charge in [0.15, 0.2) is 0 Å². The topological polar surface area (TPSA) is 85.3 Å². The van der Waals surface area contributed by atoms with E-state index in [1.165, 1.54) is 11.9 Å². The first-order chi connectivity index (χ1) is 13.9. The van der Waals surface area contributed by atoms with Crippen LogP contribution >= 0.6 is 0 Å². The van der Waals surface area contributed by atoms with Gasteiger partial charge in [-0.05, 0) is 6.92 Å². The second kappa shape index (κ2) is 8.11. The molecule has 1 aromatic rings. The number of aromatic nitrogens is 2. The minimum absolute atomic E-state index is 0.127. The molecule has 10 heteroatoms. The van der Waals surface area contributed by atoms with Gasteiger partial charge in [-0.3, -0.25) is 14.6 Å². The number of hydrogen-bond donors (Lipinski definition) is 0. The molecule has 3 saturated heterocycles. The Balaban J connectivity index is 1.42. The van der Waals surface area contributed by atoms with Crippen molar-refractivity contribution in [2.24, 2.45) is 0 Å². The standard InChI is InChI=1S/C19H29N7O3/c1-14-12-15(24-8-10-29-11-9-24)21-18(20-14)26-6-4-25(5-7-26)16-13-17(27)23(3)19(28)22(16)2/h12,16H,4-11,13H2,1-3H3. The first-order valence-corrected chi connectivity index (χ1v) is 10.1. The second-order valence-corrected chi connectivity index (χ2v) is 7.82. The van der Waals surface area contributed by atoms with Crippen molar-refractivity contribution in [2.45, 2.75) is 19.5 Å². The van der Waals surface area contributed by atoms with Crippen molar-refractivity contribution < 1.29 is 14.3 Å². The Labute approximate surface area is 171 Å². The van der Waals surface area contributed by atoms with Gasteiger partial charge in [-0.2, -0.15) is 4.98 Å². The molecule has 0 spiro atoms. The molecule has 4 heterocycles. The van der Waals surface area contributed by atoms with E-state index in [0.717, 1.165) is 69.9 Å². The molecule has 158 valence electrons. The van der Waals surface area contributed by atoms with E-state index in [9.17, 15) is 9.59 Å². The lowest BCUT2D eigenvalue weighted by Gasteiger charge is -2.45. The number of anilines is 2. The van der Waals surface area contributed by atoms with E-state index in [1.54, 1.807) is 11.9 Å². The number of urea groups is 1. The van der Waals surface area contributed by atoms with Crippen LogP contribution in [0, 0.1) is 6.92 Å². The Bertz CT molecular complexity index is 775. The zero-order valence-electron chi connectivity index (χ0n) is 17.4. The highest BCUT2D eigenvalue weighted by molar-refractivity contribution is 5.96. The van der Waals surface area contributed by atoms with Crippen LogP contribution in [0.4, 0.5) is 16.6 Å². The number of morpholine rings is 1. The molecule has 0 aliphatic carbocycles. The van der Waals surface area contributed by atoms with Crippen molar-refractivity contribution in [3.63, 3.8) is 0 Å². The van der Waals surface area contributed by atoms with Crippen LogP contribution in [0.5, 0.6) is 0 Å². The van der Waals surface area contributed by atoms with E-state index in [4.69, 9.17) is 9.72 Å². The normalized spacial score (nSPS) is 24.4. The number of imide groups is 1. The summed E-state index contributed by atoms with van der Waals surface area (Å²) in [5, 5.41) is 0. The predicted octanol–water partition coefficient (Wildman–Crippen LogP) is -0.0164. The summed E-state index contributed by atoms with van der Waals surface area (Å²) in [6.07, 6.45) is 0.150. The maximum atomic E-state index is 12.3. The fourth-order valence-corrected chi connectivity index (χ4v) is 4.13. The first-order valence-electron chi connectivity index (χ1n) is 10.1. The van der Waals surface area contributed by atoms with Crippen LogP contribution in [0.3, 0.4) is 0 Å². The minimum Gasteiger partial charge on any atom is -0.378 e. The van der Waals surface area contributed by atoms with Gasteiger partial charge in [0.25, 0.3) is 0 Å². The molecule has 1 atom stereocenters. The highest BCUT2D eigenvalue weighted by Gasteiger charge is 2.38. The quantitative estimate of drug-likeness (QED) is 0.696. The summed E-state index contributed by atoms with van der Waals surface area (Å²) in [7, 11) is 3.30. The van der Waals surface area contributed by atoms with Crippen LogP contribution < -0.4 is 9.80 Å². The number of piperazine rings is 1. The van der Waals surface area contributed by atoms with Crippen molar-refractivity contribution >= 4 is 23.7 Å². The molecule has 0 bridgehead atoms. The third kappa shape index (κ3) is 3.99. The number of carbonyl (C=O) groups excluding carboxylic acids is 2. The average molecular weight is 403 g/mol. The summed E-state index contributed by atoms with van der Waals surface area (Å²) in [5.74, 6) is 1.57. The van der Waals surface area contributed by atoms with Crippen LogP contribution in [0.1, 0.15) is 12.1 Å². The lowest BCUT2D eigenvalue weighted by atomic mass is 10.1. The molecule has 0 radical (unpaired) electrons. The van der Waals surface area contributed by atoms with E-state index in [-0.39, 0.29) is 18.1 Å². The summed E-state index contributed by atoms with van der Waals surface area (Å²) < 4.78 is 5.44. The molecule has 1 aromatic heterocycles. The molecule has 0 N–H and O–H groups in total. The minimum atomic E-state index is -0.245. The van der Waals surface area contributed by atoms with Gasteiger partial charge in [0.2, 0.25) is 11.9 Å². The SMILES string of the molecule is Cc1cc(N2CCOCC2)nc(N2CCN(C3CC(=O)N(C)C(=O)N3C)CC2)n1. The van der Waals surface area contributed by atoms with Crippen molar-refractivity contribution in [1.29, 1.82) is 0 Å². The molecule has 3 fully saturated rings. The number of nitrogens with zero attached hydrogens (tertiary/aromatic N) is 7. The van der Waals surface area contributed by atoms with Crippen LogP contribution in [0.15, 0.2) is 6.07 Å². The van der Waals surface area contributed by atoms with Gasteiger partial charge in [-0.1, -0.05) is 0 Å². The molecular formula is C19H29N7O3. The van der Waals surface area contributed by atoms with Gasteiger partial charge in [0.1, 0.15) is 5.82 Å². The van der Waals surface area contributed by atoms with Crippen molar-refractivity contribution in [2.75, 3.05) is 76.4 Å². The number of amides is 3. The highest BCUT2D eigenvalue weighted by Crippen LogP contribution is 2.23. The number of ether oxygens (including phenoxy) is 1. The second-order valence-electron chi connectivity index (χ2n) is 7.82. The van der Waals surface area contributed by atoms with E-state index in [2.05, 4.69) is 19.7 Å². The van der Waals surface area contributed by atoms with Crippen LogP contribution in [0.25, 0.3) is 0 Å². The van der Waals surface area contributed by atoms with E-state index in [1.807, 2.05) is 13.0 Å². The molecule has 3 amide bonds. The van der Waals surface area contributed by atoms with Crippen molar-refractivity contribution in [1.82, 2.24) is 24.7 Å². The molecular weight excluding hydrogens is 374 g/mol. The van der Waals surface area contributed by atoms with Crippen molar-refractivity contribution in [3.05, 3.63) is 11.8 Å². The molecule has 3 aliphatic heterocycles. The summed E-state index contributed by atoms with van der Waals surface area (Å²) in [4.78, 5) is 43.3. The Morgan fingerprint density at radius 3 is 2.34 bits per heavy atom. The van der Waals surface area contributed by atoms with E-state index in [0.29, 0.717) is 6.42 Å². The van der Waals surface area contributed by atoms with E-state index >= 15 is 0 Å². The third-order valence-corrected chi connectivity index (χ3v) is 5.95. The van der Waals surface area contributed by atoms with Crippen LogP contribution in [0.2, 0.25) is 0 Å². The first kappa shape index (κ1) is 19.8. The predicted molar refractivity (Wildman–Crippen MR) is 108 cm³/mol. The van der Waals surface area contributed by atoms with Gasteiger partial charge in [-0.15, -0.1) is 0 Å². The molecule has 4 rings (SSSR count). The maximum absolute atomic E-state index is 12.3. The Kier molecular flexibility index (Phi) is 5.55. The van der Waals surface area contributed by atoms with Crippen molar-refractivity contribution in [3.8, 4) is 0 Å². The van der Waals surface area contributed by atoms with Crippen LogP contribution in [-0.4, -0.2) is 109 Å². The Morgan fingerprint density at radius 2 is 1.66 bits per heavy atom. The maximum Gasteiger partial charge on any atom is 0.327 e. The van der Waals surface area contributed by atoms with E-state index < -0.39 is 0 Å². The number of aryl methyl sites for hydroxylation is 1. The molecule has 0 aromatic carbocycles. The Morgan fingerprint density at radius 1 is 0.966 bits per heavy atom. The third-order valence-electron chi connectivity index (χ3n) is 5.95. The van der Waals surface area contributed by atoms with Crippen LogP contribution in [-0.2, 0) is 9.53 Å². The lowest BCUT2D eigenvalue weighted by molar-refractivity contribution is -0.134. The molecule has 29 heavy (non-hydrogen) atoms. The van der Waals surface area contributed by atoms with Gasteiger partial charge in [0.05, 0.1) is 25.8 Å². The molecule has 0 saturated carbocycles. The molecule has 1 unspecified atom stereocenters. The fraction of sp³-hybridized carbons (Fsp3) is 0.684. The largest absolute Gasteiger partial charge is 0.378 e. The van der Waals surface area contributed by atoms with Gasteiger partial charge in [-0.25, -0.2) is 9.78 Å². The number of hydrogen-bond acceptors (Lipinski definition) is 8. The average Bonchev–Trinajstić information content (AvgIpc) is 2.75. The summed E-state index contributed by atoms with van der Waals surface area (Å²) in [6.45, 7) is 8.14. The summed E-state index contributed by atoms with van der Waals surface area (Å²) >= 11 is 0. The number of rotatable bonds is 3. The smallest absolute Gasteiger partial charge is 0.327 e. The van der Waals surface area contributed by atoms with Gasteiger partial charge < -0.3 is 19.4 Å². The Hall–Kier alpha value is -2.46. The molecule has 10 nitrogen and oxygen atoms in total.